The fourth-order valence-electron chi connectivity index (χ4n) is 2.21. The Kier molecular flexibility index (Phi) is 3.62. The molecule has 2 heteroatoms. The van der Waals surface area contributed by atoms with E-state index < -0.39 is 0 Å². The van der Waals surface area contributed by atoms with Gasteiger partial charge in [0.1, 0.15) is 0 Å². The van der Waals surface area contributed by atoms with E-state index in [9.17, 15) is 0 Å². The van der Waals surface area contributed by atoms with E-state index in [1.165, 1.54) is 51.7 Å². The van der Waals surface area contributed by atoms with Gasteiger partial charge in [0, 0.05) is 6.04 Å². The van der Waals surface area contributed by atoms with Crippen molar-refractivity contribution in [1.82, 2.24) is 10.6 Å². The lowest BCUT2D eigenvalue weighted by atomic mass is 9.90. The van der Waals surface area contributed by atoms with Crippen molar-refractivity contribution in [3.8, 4) is 0 Å². The molecule has 2 aliphatic heterocycles. The molecule has 0 aromatic carbocycles. The van der Waals surface area contributed by atoms with Gasteiger partial charge in [0.2, 0.25) is 0 Å². The van der Waals surface area contributed by atoms with E-state index in [1.807, 2.05) is 0 Å². The number of piperidine rings is 1. The van der Waals surface area contributed by atoms with Crippen LogP contribution in [-0.2, 0) is 0 Å². The van der Waals surface area contributed by atoms with E-state index in [0.29, 0.717) is 0 Å². The Morgan fingerprint density at radius 3 is 2.46 bits per heavy atom. The molecule has 0 bridgehead atoms. The Morgan fingerprint density at radius 2 is 1.85 bits per heavy atom. The maximum Gasteiger partial charge on any atom is 0.00792 e. The highest BCUT2D eigenvalue weighted by atomic mass is 15.0. The van der Waals surface area contributed by atoms with Crippen LogP contribution in [0.25, 0.3) is 0 Å². The summed E-state index contributed by atoms with van der Waals surface area (Å²) >= 11 is 0. The Labute approximate surface area is 81.5 Å². The van der Waals surface area contributed by atoms with Crippen LogP contribution in [0, 0.1) is 12.3 Å². The van der Waals surface area contributed by atoms with Crippen LogP contribution < -0.4 is 10.6 Å². The van der Waals surface area contributed by atoms with Crippen molar-refractivity contribution < 1.29 is 0 Å². The topological polar surface area (TPSA) is 24.1 Å². The number of nitrogens with one attached hydrogen (secondary N) is 2. The van der Waals surface area contributed by atoms with Crippen LogP contribution in [0.2, 0.25) is 0 Å². The van der Waals surface area contributed by atoms with Gasteiger partial charge in [-0.2, -0.15) is 0 Å². The molecule has 2 heterocycles. The summed E-state index contributed by atoms with van der Waals surface area (Å²) < 4.78 is 0. The molecule has 0 aromatic rings. The zero-order valence-corrected chi connectivity index (χ0v) is 8.39. The molecule has 13 heavy (non-hydrogen) atoms. The van der Waals surface area contributed by atoms with Crippen molar-refractivity contribution in [2.75, 3.05) is 19.6 Å². The lowest BCUT2D eigenvalue weighted by molar-refractivity contribution is 0.337. The fourth-order valence-corrected chi connectivity index (χ4v) is 2.21. The first-order valence-corrected chi connectivity index (χ1v) is 5.72. The monoisotopic (exact) mass is 181 g/mol. The third-order valence-electron chi connectivity index (χ3n) is 3.32. The second-order valence-corrected chi connectivity index (χ2v) is 4.34. The maximum absolute atomic E-state index is 3.45. The van der Waals surface area contributed by atoms with Crippen LogP contribution >= 0.6 is 0 Å². The minimum atomic E-state index is 0.845. The number of hydrogen-bond acceptors (Lipinski definition) is 2. The summed E-state index contributed by atoms with van der Waals surface area (Å²) in [6, 6.07) is 0.845. The zero-order valence-electron chi connectivity index (χ0n) is 8.39. The van der Waals surface area contributed by atoms with Gasteiger partial charge in [0.15, 0.2) is 0 Å². The minimum Gasteiger partial charge on any atom is -0.317 e. The molecule has 2 N–H and O–H groups in total. The standard InChI is InChI=1S/C11H21N2/c1(3-11-6-9-13-11)2-10-4-7-12-8-5-10/h2,10-13H,1,3-9H2. The van der Waals surface area contributed by atoms with Crippen LogP contribution in [-0.4, -0.2) is 25.7 Å². The van der Waals surface area contributed by atoms with Crippen LogP contribution in [0.4, 0.5) is 0 Å². The van der Waals surface area contributed by atoms with Crippen LogP contribution in [0.1, 0.15) is 32.1 Å². The average molecular weight is 181 g/mol. The average Bonchev–Trinajstić information content (AvgIpc) is 2.11. The maximum atomic E-state index is 3.45. The van der Waals surface area contributed by atoms with E-state index in [0.717, 1.165) is 12.0 Å². The van der Waals surface area contributed by atoms with Gasteiger partial charge in [-0.1, -0.05) is 0 Å². The lowest BCUT2D eigenvalue weighted by Gasteiger charge is -2.28. The van der Waals surface area contributed by atoms with Crippen molar-refractivity contribution in [1.29, 1.82) is 0 Å². The van der Waals surface area contributed by atoms with Gasteiger partial charge in [-0.3, -0.25) is 0 Å². The molecular weight excluding hydrogens is 160 g/mol. The predicted octanol–water partition coefficient (Wildman–Crippen LogP) is 1.33. The van der Waals surface area contributed by atoms with Gasteiger partial charge in [-0.15, -0.1) is 0 Å². The molecule has 1 radical (unpaired) electrons. The smallest absolute Gasteiger partial charge is 0.00792 e. The summed E-state index contributed by atoms with van der Waals surface area (Å²) in [5.41, 5.74) is 0. The molecule has 75 valence electrons. The second-order valence-electron chi connectivity index (χ2n) is 4.34. The SMILES string of the molecule is [CH](CCC1CCN1)C1CCNCC1. The third kappa shape index (κ3) is 2.96. The van der Waals surface area contributed by atoms with E-state index in [2.05, 4.69) is 17.1 Å². The van der Waals surface area contributed by atoms with Gasteiger partial charge in [0.25, 0.3) is 0 Å². The van der Waals surface area contributed by atoms with E-state index >= 15 is 0 Å². The van der Waals surface area contributed by atoms with Crippen molar-refractivity contribution in [3.05, 3.63) is 6.42 Å². The summed E-state index contributed by atoms with van der Waals surface area (Å²) in [5, 5.41) is 6.85. The largest absolute Gasteiger partial charge is 0.317 e. The molecular formula is C11H21N2. The highest BCUT2D eigenvalue weighted by molar-refractivity contribution is 4.84. The first-order valence-electron chi connectivity index (χ1n) is 5.72. The Hall–Kier alpha value is -0.0800. The molecule has 2 nitrogen and oxygen atoms in total. The normalized spacial score (nSPS) is 30.0. The molecule has 1 atom stereocenters. The third-order valence-corrected chi connectivity index (χ3v) is 3.32. The molecule has 0 aliphatic carbocycles. The first-order chi connectivity index (χ1) is 6.45. The van der Waals surface area contributed by atoms with E-state index in [4.69, 9.17) is 0 Å². The van der Waals surface area contributed by atoms with Gasteiger partial charge in [0.05, 0.1) is 0 Å². The minimum absolute atomic E-state index is 0.845. The molecule has 0 aromatic heterocycles. The van der Waals surface area contributed by atoms with Crippen LogP contribution in [0.3, 0.4) is 0 Å². The van der Waals surface area contributed by atoms with Gasteiger partial charge in [-0.05, 0) is 64.1 Å². The van der Waals surface area contributed by atoms with Crippen molar-refractivity contribution in [3.63, 3.8) is 0 Å². The zero-order chi connectivity index (χ0) is 8.93. The summed E-state index contributed by atoms with van der Waals surface area (Å²) in [6.45, 7) is 3.70. The first kappa shape index (κ1) is 9.47. The molecule has 0 amide bonds. The molecule has 0 spiro atoms. The summed E-state index contributed by atoms with van der Waals surface area (Å²) in [7, 11) is 0. The highest BCUT2D eigenvalue weighted by Gasteiger charge is 2.17. The van der Waals surface area contributed by atoms with E-state index in [-0.39, 0.29) is 0 Å². The second kappa shape index (κ2) is 4.97. The molecule has 2 aliphatic rings. The Morgan fingerprint density at radius 1 is 1.08 bits per heavy atom. The number of rotatable bonds is 4. The number of hydrogen-bond donors (Lipinski definition) is 2. The van der Waals surface area contributed by atoms with Crippen LogP contribution in [0.5, 0.6) is 0 Å². The summed E-state index contributed by atoms with van der Waals surface area (Å²) in [4.78, 5) is 0. The molecule has 1 unspecified atom stereocenters. The van der Waals surface area contributed by atoms with Gasteiger partial charge >= 0.3 is 0 Å². The van der Waals surface area contributed by atoms with Crippen molar-refractivity contribution in [2.24, 2.45) is 5.92 Å². The van der Waals surface area contributed by atoms with Crippen molar-refractivity contribution >= 4 is 0 Å². The van der Waals surface area contributed by atoms with Crippen molar-refractivity contribution in [2.45, 2.75) is 38.1 Å². The fraction of sp³-hybridized carbons (Fsp3) is 0.909. The molecule has 2 fully saturated rings. The summed E-state index contributed by atoms with van der Waals surface area (Å²) in [6.07, 6.45) is 9.36. The summed E-state index contributed by atoms with van der Waals surface area (Å²) in [5.74, 6) is 0.904. The molecule has 2 saturated heterocycles. The highest BCUT2D eigenvalue weighted by Crippen LogP contribution is 2.19. The molecule has 2 rings (SSSR count). The van der Waals surface area contributed by atoms with E-state index in [1.54, 1.807) is 0 Å². The Balaban J connectivity index is 1.50. The quantitative estimate of drug-likeness (QED) is 0.684. The van der Waals surface area contributed by atoms with Crippen LogP contribution in [0.15, 0.2) is 0 Å². The Bertz CT molecular complexity index is 137. The van der Waals surface area contributed by atoms with Gasteiger partial charge < -0.3 is 10.6 Å². The molecule has 0 saturated carbocycles. The lowest BCUT2D eigenvalue weighted by Crippen LogP contribution is -2.42. The predicted molar refractivity (Wildman–Crippen MR) is 55.5 cm³/mol. The van der Waals surface area contributed by atoms with Gasteiger partial charge in [-0.25, -0.2) is 0 Å².